The lowest BCUT2D eigenvalue weighted by Gasteiger charge is -2.00. The molecule has 18 heavy (non-hydrogen) atoms. The number of sulfonamides is 1. The van der Waals surface area contributed by atoms with Crippen molar-refractivity contribution in [3.05, 3.63) is 42.0 Å². The Morgan fingerprint density at radius 1 is 1.33 bits per heavy atom. The van der Waals surface area contributed by atoms with Crippen LogP contribution in [0.2, 0.25) is 0 Å². The van der Waals surface area contributed by atoms with E-state index in [1.54, 1.807) is 12.1 Å². The van der Waals surface area contributed by atoms with Crippen LogP contribution >= 0.6 is 0 Å². The molecule has 1 heterocycles. The molecule has 2 aromatic rings. The summed E-state index contributed by atoms with van der Waals surface area (Å²) < 4.78 is 38.3. The van der Waals surface area contributed by atoms with Crippen LogP contribution in [0.5, 0.6) is 0 Å². The quantitative estimate of drug-likeness (QED) is 0.893. The molecular weight excluding hydrogens is 259 g/mol. The molecule has 1 aromatic carbocycles. The molecule has 0 amide bonds. The van der Waals surface area contributed by atoms with E-state index in [1.807, 2.05) is 0 Å². The SMILES string of the molecule is CS(=O)(=O)Nc1ncn(Cc2ccc(F)cc2)n1. The molecule has 6 nitrogen and oxygen atoms in total. The van der Waals surface area contributed by atoms with E-state index in [9.17, 15) is 12.8 Å². The molecule has 0 fully saturated rings. The third-order valence-electron chi connectivity index (χ3n) is 2.07. The second-order valence-corrected chi connectivity index (χ2v) is 5.51. The highest BCUT2D eigenvalue weighted by Crippen LogP contribution is 2.06. The summed E-state index contributed by atoms with van der Waals surface area (Å²) >= 11 is 0. The van der Waals surface area contributed by atoms with Gasteiger partial charge in [-0.2, -0.15) is 4.98 Å². The molecule has 0 bridgehead atoms. The van der Waals surface area contributed by atoms with E-state index in [0.29, 0.717) is 6.54 Å². The van der Waals surface area contributed by atoms with Crippen molar-refractivity contribution in [2.75, 3.05) is 11.0 Å². The Kier molecular flexibility index (Phi) is 3.28. The van der Waals surface area contributed by atoms with E-state index >= 15 is 0 Å². The molecule has 2 rings (SSSR count). The van der Waals surface area contributed by atoms with E-state index in [-0.39, 0.29) is 11.8 Å². The predicted molar refractivity (Wildman–Crippen MR) is 64.0 cm³/mol. The molecule has 0 aliphatic carbocycles. The van der Waals surface area contributed by atoms with Gasteiger partial charge >= 0.3 is 0 Å². The molecule has 0 unspecified atom stereocenters. The van der Waals surface area contributed by atoms with Crippen LogP contribution in [-0.2, 0) is 16.6 Å². The fraction of sp³-hybridized carbons (Fsp3) is 0.200. The van der Waals surface area contributed by atoms with E-state index in [0.717, 1.165) is 11.8 Å². The van der Waals surface area contributed by atoms with Gasteiger partial charge < -0.3 is 0 Å². The molecule has 0 aliphatic rings. The number of halogens is 1. The summed E-state index contributed by atoms with van der Waals surface area (Å²) in [6.45, 7) is 0.388. The summed E-state index contributed by atoms with van der Waals surface area (Å²) in [6, 6.07) is 5.95. The second-order valence-electron chi connectivity index (χ2n) is 3.77. The monoisotopic (exact) mass is 270 g/mol. The van der Waals surface area contributed by atoms with Crippen LogP contribution in [0.25, 0.3) is 0 Å². The molecular formula is C10H11FN4O2S. The third kappa shape index (κ3) is 3.52. The van der Waals surface area contributed by atoms with Crippen molar-refractivity contribution in [2.45, 2.75) is 6.54 Å². The highest BCUT2D eigenvalue weighted by Gasteiger charge is 2.06. The van der Waals surface area contributed by atoms with Gasteiger partial charge in [0.2, 0.25) is 10.0 Å². The first kappa shape index (κ1) is 12.5. The molecule has 0 spiro atoms. The highest BCUT2D eigenvalue weighted by molar-refractivity contribution is 7.91. The number of anilines is 1. The van der Waals surface area contributed by atoms with Crippen molar-refractivity contribution in [1.82, 2.24) is 14.8 Å². The molecule has 0 saturated heterocycles. The van der Waals surface area contributed by atoms with Gasteiger partial charge in [0.05, 0.1) is 12.8 Å². The molecule has 8 heteroatoms. The average Bonchev–Trinajstić information content (AvgIpc) is 2.66. The molecule has 1 N–H and O–H groups in total. The lowest BCUT2D eigenvalue weighted by atomic mass is 10.2. The third-order valence-corrected chi connectivity index (χ3v) is 2.62. The minimum Gasteiger partial charge on any atom is -0.250 e. The Morgan fingerprint density at radius 3 is 2.61 bits per heavy atom. The van der Waals surface area contributed by atoms with Gasteiger partial charge in [-0.1, -0.05) is 12.1 Å². The van der Waals surface area contributed by atoms with Crippen molar-refractivity contribution in [2.24, 2.45) is 0 Å². The first-order chi connectivity index (χ1) is 8.42. The number of hydrogen-bond donors (Lipinski definition) is 1. The average molecular weight is 270 g/mol. The summed E-state index contributed by atoms with van der Waals surface area (Å²) in [4.78, 5) is 3.80. The van der Waals surface area contributed by atoms with Gasteiger partial charge in [-0.3, -0.25) is 4.72 Å². The van der Waals surface area contributed by atoms with E-state index in [2.05, 4.69) is 14.8 Å². The summed E-state index contributed by atoms with van der Waals surface area (Å²) in [7, 11) is -3.38. The summed E-state index contributed by atoms with van der Waals surface area (Å²) in [5.41, 5.74) is 0.840. The van der Waals surface area contributed by atoms with Crippen molar-refractivity contribution in [1.29, 1.82) is 0 Å². The second kappa shape index (κ2) is 4.73. The van der Waals surface area contributed by atoms with Crippen molar-refractivity contribution in [3.63, 3.8) is 0 Å². The van der Waals surface area contributed by atoms with Crippen LogP contribution in [-0.4, -0.2) is 29.4 Å². The van der Waals surface area contributed by atoms with Crippen LogP contribution in [0.15, 0.2) is 30.6 Å². The number of nitrogens with zero attached hydrogens (tertiary/aromatic N) is 3. The lowest BCUT2D eigenvalue weighted by Crippen LogP contribution is -2.11. The Morgan fingerprint density at radius 2 is 2.00 bits per heavy atom. The Balaban J connectivity index is 2.09. The van der Waals surface area contributed by atoms with E-state index in [4.69, 9.17) is 0 Å². The fourth-order valence-electron chi connectivity index (χ4n) is 1.36. The zero-order valence-corrected chi connectivity index (χ0v) is 10.4. The maximum atomic E-state index is 12.7. The van der Waals surface area contributed by atoms with Crippen molar-refractivity contribution in [3.8, 4) is 0 Å². The van der Waals surface area contributed by atoms with Crippen LogP contribution in [0.4, 0.5) is 10.3 Å². The van der Waals surface area contributed by atoms with E-state index < -0.39 is 10.0 Å². The Labute approximate surface area is 104 Å². The molecule has 0 saturated carbocycles. The number of hydrogen-bond acceptors (Lipinski definition) is 4. The summed E-state index contributed by atoms with van der Waals surface area (Å²) in [6.07, 6.45) is 2.42. The standard InChI is InChI=1S/C10H11FN4O2S/c1-18(16,17)14-10-12-7-15(13-10)6-8-2-4-9(11)5-3-8/h2-5,7H,6H2,1H3,(H,13,14). The number of benzene rings is 1. The molecule has 0 atom stereocenters. The van der Waals surface area contributed by atoms with Gasteiger partial charge in [-0.05, 0) is 17.7 Å². The van der Waals surface area contributed by atoms with Crippen LogP contribution in [0.3, 0.4) is 0 Å². The lowest BCUT2D eigenvalue weighted by molar-refractivity contribution is 0.606. The number of nitrogens with one attached hydrogen (secondary N) is 1. The van der Waals surface area contributed by atoms with Crippen molar-refractivity contribution < 1.29 is 12.8 Å². The summed E-state index contributed by atoms with van der Waals surface area (Å²) in [5, 5.41) is 3.93. The largest absolute Gasteiger partial charge is 0.255 e. The highest BCUT2D eigenvalue weighted by atomic mass is 32.2. The molecule has 96 valence electrons. The van der Waals surface area contributed by atoms with E-state index in [1.165, 1.54) is 23.1 Å². The molecule has 0 radical (unpaired) electrons. The minimum atomic E-state index is -3.38. The van der Waals surface area contributed by atoms with Gasteiger partial charge in [0, 0.05) is 0 Å². The first-order valence-electron chi connectivity index (χ1n) is 5.04. The molecule has 0 aliphatic heterocycles. The van der Waals surface area contributed by atoms with Crippen LogP contribution < -0.4 is 4.72 Å². The Bertz CT molecular complexity index is 636. The van der Waals surface area contributed by atoms with Gasteiger partial charge in [0.1, 0.15) is 12.1 Å². The fourth-order valence-corrected chi connectivity index (χ4v) is 1.79. The van der Waals surface area contributed by atoms with Gasteiger partial charge in [0.15, 0.2) is 0 Å². The van der Waals surface area contributed by atoms with Gasteiger partial charge in [0.25, 0.3) is 5.95 Å². The van der Waals surface area contributed by atoms with Crippen LogP contribution in [0.1, 0.15) is 5.56 Å². The Hall–Kier alpha value is -1.96. The smallest absolute Gasteiger partial charge is 0.250 e. The van der Waals surface area contributed by atoms with Crippen molar-refractivity contribution >= 4 is 16.0 Å². The zero-order valence-electron chi connectivity index (χ0n) is 9.54. The normalized spacial score (nSPS) is 11.4. The zero-order chi connectivity index (χ0) is 13.2. The molecule has 1 aromatic heterocycles. The summed E-state index contributed by atoms with van der Waals surface area (Å²) in [5.74, 6) is -0.295. The predicted octanol–water partition coefficient (Wildman–Crippen LogP) is 0.837. The topological polar surface area (TPSA) is 76.9 Å². The van der Waals surface area contributed by atoms with Gasteiger partial charge in [-0.25, -0.2) is 17.5 Å². The first-order valence-corrected chi connectivity index (χ1v) is 6.93. The van der Waals surface area contributed by atoms with Gasteiger partial charge in [-0.15, -0.1) is 5.10 Å². The maximum Gasteiger partial charge on any atom is 0.255 e. The maximum absolute atomic E-state index is 12.7. The van der Waals surface area contributed by atoms with Crippen LogP contribution in [0, 0.1) is 5.82 Å². The number of rotatable bonds is 4. The minimum absolute atomic E-state index is 0.0135. The number of aromatic nitrogens is 3.